The van der Waals surface area contributed by atoms with Crippen molar-refractivity contribution >= 4 is 23.6 Å². The van der Waals surface area contributed by atoms with Gasteiger partial charge in [-0.3, -0.25) is 9.69 Å². The molecule has 2 N–H and O–H groups in total. The molecule has 0 aromatic heterocycles. The molecule has 20 heavy (non-hydrogen) atoms. The Morgan fingerprint density at radius 2 is 2.00 bits per heavy atom. The Bertz CT molecular complexity index is 453. The molecule has 0 atom stereocenters. The molecule has 4 nitrogen and oxygen atoms in total. The maximum atomic E-state index is 11.7. The van der Waals surface area contributed by atoms with Gasteiger partial charge in [0.2, 0.25) is 5.91 Å². The zero-order chi connectivity index (χ0) is 14.2. The van der Waals surface area contributed by atoms with Gasteiger partial charge in [0.05, 0.1) is 0 Å². The summed E-state index contributed by atoms with van der Waals surface area (Å²) in [7, 11) is 0. The molecule has 0 radical (unpaired) electrons. The van der Waals surface area contributed by atoms with Crippen molar-refractivity contribution < 1.29 is 4.79 Å². The molecule has 1 fully saturated rings. The van der Waals surface area contributed by atoms with Gasteiger partial charge in [-0.15, -0.1) is 0 Å². The summed E-state index contributed by atoms with van der Waals surface area (Å²) in [5.41, 5.74) is 0.964. The molecule has 1 aliphatic rings. The van der Waals surface area contributed by atoms with E-state index in [0.717, 1.165) is 38.3 Å². The van der Waals surface area contributed by atoms with Crippen LogP contribution >= 0.6 is 11.6 Å². The zero-order valence-electron chi connectivity index (χ0n) is 11.4. The van der Waals surface area contributed by atoms with Gasteiger partial charge >= 0.3 is 0 Å². The SMILES string of the molecule is O=C(/C=C/c1ccc(Cl)cc1)NCCN1CCNCC1. The number of amides is 1. The summed E-state index contributed by atoms with van der Waals surface area (Å²) in [4.78, 5) is 14.0. The Labute approximate surface area is 124 Å². The van der Waals surface area contributed by atoms with Crippen LogP contribution in [0.4, 0.5) is 0 Å². The van der Waals surface area contributed by atoms with Crippen LogP contribution < -0.4 is 10.6 Å². The van der Waals surface area contributed by atoms with Gasteiger partial charge in [-0.1, -0.05) is 23.7 Å². The summed E-state index contributed by atoms with van der Waals surface area (Å²) in [5, 5.41) is 6.90. The van der Waals surface area contributed by atoms with Crippen LogP contribution in [-0.4, -0.2) is 50.1 Å². The molecule has 5 heteroatoms. The van der Waals surface area contributed by atoms with E-state index in [2.05, 4.69) is 15.5 Å². The van der Waals surface area contributed by atoms with Crippen molar-refractivity contribution in [2.24, 2.45) is 0 Å². The largest absolute Gasteiger partial charge is 0.351 e. The first-order valence-corrected chi connectivity index (χ1v) is 7.26. The van der Waals surface area contributed by atoms with Gasteiger partial charge in [0.25, 0.3) is 0 Å². The molecule has 0 saturated carbocycles. The number of halogens is 1. The second-order valence-corrected chi connectivity index (χ2v) is 5.20. The fourth-order valence-electron chi connectivity index (χ4n) is 2.08. The van der Waals surface area contributed by atoms with Crippen LogP contribution in [0.1, 0.15) is 5.56 Å². The minimum Gasteiger partial charge on any atom is -0.351 e. The molecular formula is C15H20ClN3O. The van der Waals surface area contributed by atoms with E-state index in [1.807, 2.05) is 24.3 Å². The molecule has 0 unspecified atom stereocenters. The van der Waals surface area contributed by atoms with Gasteiger partial charge in [-0.25, -0.2) is 0 Å². The Kier molecular flexibility index (Phi) is 6.05. The lowest BCUT2D eigenvalue weighted by Crippen LogP contribution is -2.46. The highest BCUT2D eigenvalue weighted by molar-refractivity contribution is 6.30. The monoisotopic (exact) mass is 293 g/mol. The Hall–Kier alpha value is -1.36. The number of carbonyl (C=O) groups is 1. The first-order valence-electron chi connectivity index (χ1n) is 6.88. The highest BCUT2D eigenvalue weighted by Crippen LogP contribution is 2.10. The molecule has 1 saturated heterocycles. The van der Waals surface area contributed by atoms with Crippen LogP contribution in [0.5, 0.6) is 0 Å². The molecule has 0 bridgehead atoms. The molecule has 0 aliphatic carbocycles. The van der Waals surface area contributed by atoms with Gasteiger partial charge in [-0.05, 0) is 23.8 Å². The van der Waals surface area contributed by atoms with E-state index < -0.39 is 0 Å². The number of hydrogen-bond acceptors (Lipinski definition) is 3. The fourth-order valence-corrected chi connectivity index (χ4v) is 2.20. The summed E-state index contributed by atoms with van der Waals surface area (Å²) < 4.78 is 0. The van der Waals surface area contributed by atoms with Crippen LogP contribution in [0.15, 0.2) is 30.3 Å². The van der Waals surface area contributed by atoms with E-state index in [1.165, 1.54) is 0 Å². The van der Waals surface area contributed by atoms with Crippen molar-refractivity contribution in [3.8, 4) is 0 Å². The van der Waals surface area contributed by atoms with E-state index in [9.17, 15) is 4.79 Å². The summed E-state index contributed by atoms with van der Waals surface area (Å²) in [5.74, 6) is -0.0601. The normalized spacial score (nSPS) is 16.4. The third kappa shape index (κ3) is 5.33. The lowest BCUT2D eigenvalue weighted by molar-refractivity contribution is -0.116. The van der Waals surface area contributed by atoms with E-state index in [4.69, 9.17) is 11.6 Å². The fraction of sp³-hybridized carbons (Fsp3) is 0.400. The molecular weight excluding hydrogens is 274 g/mol. The van der Waals surface area contributed by atoms with Crippen molar-refractivity contribution in [3.63, 3.8) is 0 Å². The van der Waals surface area contributed by atoms with E-state index >= 15 is 0 Å². The zero-order valence-corrected chi connectivity index (χ0v) is 12.2. The topological polar surface area (TPSA) is 44.4 Å². The molecule has 108 valence electrons. The van der Waals surface area contributed by atoms with Gasteiger partial charge in [0.1, 0.15) is 0 Å². The minimum absolute atomic E-state index is 0.0601. The number of nitrogens with one attached hydrogen (secondary N) is 2. The standard InChI is InChI=1S/C15H20ClN3O/c16-14-4-1-13(2-5-14)3-6-15(20)18-9-12-19-10-7-17-8-11-19/h1-6,17H,7-12H2,(H,18,20)/b6-3+. The summed E-state index contributed by atoms with van der Waals surface area (Å²) >= 11 is 5.80. The third-order valence-electron chi connectivity index (χ3n) is 3.23. The smallest absolute Gasteiger partial charge is 0.244 e. The number of hydrogen-bond donors (Lipinski definition) is 2. The highest BCUT2D eigenvalue weighted by atomic mass is 35.5. The highest BCUT2D eigenvalue weighted by Gasteiger charge is 2.08. The van der Waals surface area contributed by atoms with Gasteiger partial charge in [-0.2, -0.15) is 0 Å². The molecule has 1 heterocycles. The van der Waals surface area contributed by atoms with Gasteiger partial charge in [0.15, 0.2) is 0 Å². The predicted octanol–water partition coefficient (Wildman–Crippen LogP) is 1.37. The summed E-state index contributed by atoms with van der Waals surface area (Å²) in [6.45, 7) is 5.76. The van der Waals surface area contributed by atoms with Gasteiger partial charge in [0, 0.05) is 50.4 Å². The minimum atomic E-state index is -0.0601. The van der Waals surface area contributed by atoms with Crippen LogP contribution in [0.3, 0.4) is 0 Å². The average molecular weight is 294 g/mol. The lowest BCUT2D eigenvalue weighted by atomic mass is 10.2. The van der Waals surface area contributed by atoms with E-state index in [1.54, 1.807) is 12.2 Å². The Morgan fingerprint density at radius 3 is 2.70 bits per heavy atom. The molecule has 2 rings (SSSR count). The Morgan fingerprint density at radius 1 is 1.30 bits per heavy atom. The first kappa shape index (κ1) is 15.0. The van der Waals surface area contributed by atoms with Crippen molar-refractivity contribution in [1.82, 2.24) is 15.5 Å². The predicted molar refractivity (Wildman–Crippen MR) is 82.8 cm³/mol. The van der Waals surface area contributed by atoms with Crippen molar-refractivity contribution in [2.75, 3.05) is 39.3 Å². The maximum absolute atomic E-state index is 11.7. The summed E-state index contributed by atoms with van der Waals surface area (Å²) in [6.07, 6.45) is 3.34. The molecule has 1 aromatic carbocycles. The maximum Gasteiger partial charge on any atom is 0.244 e. The van der Waals surface area contributed by atoms with Crippen molar-refractivity contribution in [3.05, 3.63) is 40.9 Å². The number of carbonyl (C=O) groups excluding carboxylic acids is 1. The number of nitrogens with zero attached hydrogens (tertiary/aromatic N) is 1. The second kappa shape index (κ2) is 8.04. The van der Waals surface area contributed by atoms with Crippen LogP contribution in [-0.2, 0) is 4.79 Å². The quantitative estimate of drug-likeness (QED) is 0.806. The van der Waals surface area contributed by atoms with E-state index in [0.29, 0.717) is 11.6 Å². The molecule has 1 aromatic rings. The number of benzene rings is 1. The van der Waals surface area contributed by atoms with E-state index in [-0.39, 0.29) is 5.91 Å². The van der Waals surface area contributed by atoms with Crippen molar-refractivity contribution in [2.45, 2.75) is 0 Å². The number of piperazine rings is 1. The second-order valence-electron chi connectivity index (χ2n) is 4.77. The van der Waals surface area contributed by atoms with Crippen LogP contribution in [0.2, 0.25) is 5.02 Å². The summed E-state index contributed by atoms with van der Waals surface area (Å²) in [6, 6.07) is 7.38. The van der Waals surface area contributed by atoms with Crippen molar-refractivity contribution in [1.29, 1.82) is 0 Å². The molecule has 1 aliphatic heterocycles. The van der Waals surface area contributed by atoms with Crippen LogP contribution in [0.25, 0.3) is 6.08 Å². The lowest BCUT2D eigenvalue weighted by Gasteiger charge is -2.26. The number of rotatable bonds is 5. The Balaban J connectivity index is 1.68. The first-order chi connectivity index (χ1) is 9.74. The third-order valence-corrected chi connectivity index (χ3v) is 3.49. The molecule has 1 amide bonds. The van der Waals surface area contributed by atoms with Gasteiger partial charge < -0.3 is 10.6 Å². The van der Waals surface area contributed by atoms with Crippen LogP contribution in [0, 0.1) is 0 Å². The molecule has 0 spiro atoms. The average Bonchev–Trinajstić information content (AvgIpc) is 2.48.